The molecule has 0 amide bonds. The Morgan fingerprint density at radius 1 is 0.630 bits per heavy atom. The SMILES string of the molecule is C=C(C)CCOC(=O)CCCCC(=O)OCCCCCCCCCCCC. The molecule has 0 unspecified atom stereocenters. The largest absolute Gasteiger partial charge is 0.466 e. The van der Waals surface area contributed by atoms with Gasteiger partial charge in [0.05, 0.1) is 13.2 Å². The molecular formula is C23H42O4. The fourth-order valence-electron chi connectivity index (χ4n) is 2.80. The van der Waals surface area contributed by atoms with Gasteiger partial charge in [0.25, 0.3) is 0 Å². The monoisotopic (exact) mass is 382 g/mol. The highest BCUT2D eigenvalue weighted by atomic mass is 16.5. The van der Waals surface area contributed by atoms with Gasteiger partial charge in [0.1, 0.15) is 0 Å². The molecule has 158 valence electrons. The van der Waals surface area contributed by atoms with Crippen LogP contribution in [0.2, 0.25) is 0 Å². The summed E-state index contributed by atoms with van der Waals surface area (Å²) in [5, 5.41) is 0. The minimum absolute atomic E-state index is 0.151. The molecule has 0 saturated carbocycles. The van der Waals surface area contributed by atoms with E-state index in [1.807, 2.05) is 6.92 Å². The van der Waals surface area contributed by atoms with Crippen LogP contribution in [-0.2, 0) is 19.1 Å². The molecule has 0 aliphatic carbocycles. The Morgan fingerprint density at radius 2 is 1.07 bits per heavy atom. The van der Waals surface area contributed by atoms with Gasteiger partial charge in [-0.1, -0.05) is 70.3 Å². The Hall–Kier alpha value is -1.32. The second-order valence-corrected chi connectivity index (χ2v) is 7.54. The Labute approximate surface area is 167 Å². The number of carbonyl (C=O) groups excluding carboxylic acids is 2. The minimum atomic E-state index is -0.199. The van der Waals surface area contributed by atoms with E-state index in [1.165, 1.54) is 51.4 Å². The highest BCUT2D eigenvalue weighted by molar-refractivity contribution is 5.70. The summed E-state index contributed by atoms with van der Waals surface area (Å²) >= 11 is 0. The van der Waals surface area contributed by atoms with Gasteiger partial charge in [-0.3, -0.25) is 9.59 Å². The van der Waals surface area contributed by atoms with Gasteiger partial charge in [-0.2, -0.15) is 0 Å². The summed E-state index contributed by atoms with van der Waals surface area (Å²) in [4.78, 5) is 23.1. The topological polar surface area (TPSA) is 52.6 Å². The summed E-state index contributed by atoms with van der Waals surface area (Å²) in [6.07, 6.45) is 15.5. The lowest BCUT2D eigenvalue weighted by atomic mass is 10.1. The standard InChI is InChI=1S/C23H42O4/c1-4-5-6-7-8-9-10-11-12-15-19-26-22(24)16-13-14-17-23(25)27-20-18-21(2)3/h2,4-20H2,1,3H3. The molecule has 0 radical (unpaired) electrons. The van der Waals surface area contributed by atoms with Crippen LogP contribution in [0.4, 0.5) is 0 Å². The number of hydrogen-bond donors (Lipinski definition) is 0. The maximum Gasteiger partial charge on any atom is 0.305 e. The smallest absolute Gasteiger partial charge is 0.305 e. The molecule has 27 heavy (non-hydrogen) atoms. The summed E-state index contributed by atoms with van der Waals surface area (Å²) in [6, 6.07) is 0. The van der Waals surface area contributed by atoms with E-state index < -0.39 is 0 Å². The van der Waals surface area contributed by atoms with Gasteiger partial charge in [-0.25, -0.2) is 0 Å². The first-order chi connectivity index (χ1) is 13.1. The van der Waals surface area contributed by atoms with Crippen LogP contribution >= 0.6 is 0 Å². The van der Waals surface area contributed by atoms with Gasteiger partial charge in [-0.05, 0) is 26.2 Å². The van der Waals surface area contributed by atoms with Crippen LogP contribution in [0.1, 0.15) is 110 Å². The summed E-state index contributed by atoms with van der Waals surface area (Å²) in [5.41, 5.74) is 1.01. The average molecular weight is 383 g/mol. The van der Waals surface area contributed by atoms with E-state index in [0.29, 0.717) is 45.3 Å². The van der Waals surface area contributed by atoms with E-state index in [2.05, 4.69) is 13.5 Å². The highest BCUT2D eigenvalue weighted by Gasteiger charge is 2.06. The molecule has 0 aromatic heterocycles. The fraction of sp³-hybridized carbons (Fsp3) is 0.826. The quantitative estimate of drug-likeness (QED) is 0.145. The van der Waals surface area contributed by atoms with Crippen molar-refractivity contribution in [2.24, 2.45) is 0 Å². The van der Waals surface area contributed by atoms with Crippen molar-refractivity contribution >= 4 is 11.9 Å². The number of hydrogen-bond acceptors (Lipinski definition) is 4. The average Bonchev–Trinajstić information content (AvgIpc) is 2.63. The maximum atomic E-state index is 11.6. The molecule has 0 heterocycles. The van der Waals surface area contributed by atoms with Crippen LogP contribution in [0.3, 0.4) is 0 Å². The van der Waals surface area contributed by atoms with Crippen LogP contribution in [-0.4, -0.2) is 25.2 Å². The molecule has 0 aliphatic heterocycles. The highest BCUT2D eigenvalue weighted by Crippen LogP contribution is 2.11. The first-order valence-electron chi connectivity index (χ1n) is 11.0. The Bertz CT molecular complexity index is 390. The molecule has 0 bridgehead atoms. The second kappa shape index (κ2) is 19.4. The third-order valence-electron chi connectivity index (χ3n) is 4.56. The third kappa shape index (κ3) is 20.8. The molecule has 0 aromatic rings. The van der Waals surface area contributed by atoms with Crippen molar-refractivity contribution in [3.05, 3.63) is 12.2 Å². The minimum Gasteiger partial charge on any atom is -0.466 e. The van der Waals surface area contributed by atoms with Crippen molar-refractivity contribution in [1.29, 1.82) is 0 Å². The molecule has 0 rings (SSSR count). The zero-order chi connectivity index (χ0) is 20.2. The van der Waals surface area contributed by atoms with Gasteiger partial charge in [-0.15, -0.1) is 6.58 Å². The normalized spacial score (nSPS) is 10.6. The molecule has 0 fully saturated rings. The first kappa shape index (κ1) is 25.7. The van der Waals surface area contributed by atoms with Gasteiger partial charge >= 0.3 is 11.9 Å². The summed E-state index contributed by atoms with van der Waals surface area (Å²) in [5.74, 6) is -0.350. The molecule has 0 saturated heterocycles. The van der Waals surface area contributed by atoms with Crippen molar-refractivity contribution in [2.75, 3.05) is 13.2 Å². The summed E-state index contributed by atoms with van der Waals surface area (Å²) in [6.45, 7) is 8.85. The van der Waals surface area contributed by atoms with Gasteiger partial charge < -0.3 is 9.47 Å². The van der Waals surface area contributed by atoms with E-state index in [9.17, 15) is 9.59 Å². The number of rotatable bonds is 19. The zero-order valence-corrected chi connectivity index (χ0v) is 17.9. The lowest BCUT2D eigenvalue weighted by Gasteiger charge is -2.06. The molecule has 0 atom stereocenters. The van der Waals surface area contributed by atoms with E-state index in [1.54, 1.807) is 0 Å². The van der Waals surface area contributed by atoms with E-state index in [4.69, 9.17) is 9.47 Å². The zero-order valence-electron chi connectivity index (χ0n) is 17.9. The van der Waals surface area contributed by atoms with E-state index >= 15 is 0 Å². The lowest BCUT2D eigenvalue weighted by Crippen LogP contribution is -2.08. The van der Waals surface area contributed by atoms with Crippen molar-refractivity contribution in [3.8, 4) is 0 Å². The Kier molecular flexibility index (Phi) is 18.5. The lowest BCUT2D eigenvalue weighted by molar-refractivity contribution is -0.146. The van der Waals surface area contributed by atoms with Crippen molar-refractivity contribution < 1.29 is 19.1 Å². The summed E-state index contributed by atoms with van der Waals surface area (Å²) < 4.78 is 10.3. The Morgan fingerprint density at radius 3 is 1.56 bits per heavy atom. The number of esters is 2. The predicted molar refractivity (Wildman–Crippen MR) is 112 cm³/mol. The molecule has 0 aliphatic rings. The predicted octanol–water partition coefficient (Wildman–Crippen LogP) is 6.52. The van der Waals surface area contributed by atoms with Crippen molar-refractivity contribution in [2.45, 2.75) is 110 Å². The number of ether oxygens (including phenoxy) is 2. The molecule has 0 aromatic carbocycles. The van der Waals surface area contributed by atoms with Crippen molar-refractivity contribution in [1.82, 2.24) is 0 Å². The number of carbonyl (C=O) groups is 2. The van der Waals surface area contributed by atoms with E-state index in [-0.39, 0.29) is 11.9 Å². The maximum absolute atomic E-state index is 11.6. The first-order valence-corrected chi connectivity index (χ1v) is 11.0. The van der Waals surface area contributed by atoms with Crippen LogP contribution in [0.15, 0.2) is 12.2 Å². The van der Waals surface area contributed by atoms with Crippen LogP contribution in [0.5, 0.6) is 0 Å². The third-order valence-corrected chi connectivity index (χ3v) is 4.56. The molecule has 4 heteroatoms. The van der Waals surface area contributed by atoms with E-state index in [0.717, 1.165) is 18.4 Å². The van der Waals surface area contributed by atoms with Crippen molar-refractivity contribution in [3.63, 3.8) is 0 Å². The second-order valence-electron chi connectivity index (χ2n) is 7.54. The Balaban J connectivity index is 3.30. The molecule has 0 spiro atoms. The van der Waals surface area contributed by atoms with Gasteiger partial charge in [0.15, 0.2) is 0 Å². The van der Waals surface area contributed by atoms with Crippen LogP contribution < -0.4 is 0 Å². The fourth-order valence-corrected chi connectivity index (χ4v) is 2.80. The van der Waals surface area contributed by atoms with Crippen LogP contribution in [0, 0.1) is 0 Å². The van der Waals surface area contributed by atoms with Gasteiger partial charge in [0, 0.05) is 19.3 Å². The summed E-state index contributed by atoms with van der Waals surface area (Å²) in [7, 11) is 0. The molecule has 4 nitrogen and oxygen atoms in total. The molecular weight excluding hydrogens is 340 g/mol. The van der Waals surface area contributed by atoms with Gasteiger partial charge in [0.2, 0.25) is 0 Å². The molecule has 0 N–H and O–H groups in total. The van der Waals surface area contributed by atoms with Crippen LogP contribution in [0.25, 0.3) is 0 Å². The number of unbranched alkanes of at least 4 members (excludes halogenated alkanes) is 10.